The summed E-state index contributed by atoms with van der Waals surface area (Å²) in [6.07, 6.45) is 5.73. The first-order valence-corrected chi connectivity index (χ1v) is 8.51. The average molecular weight is 309 g/mol. The van der Waals surface area contributed by atoms with Gasteiger partial charge in [0.25, 0.3) is 0 Å². The van der Waals surface area contributed by atoms with Gasteiger partial charge in [-0.1, -0.05) is 64.3 Å². The van der Waals surface area contributed by atoms with E-state index in [-0.39, 0.29) is 6.04 Å². The number of amides is 1. The number of hydrogen-bond acceptors (Lipinski definition) is 1. The number of hydrogen-bond donors (Lipinski definition) is 2. The lowest BCUT2D eigenvalue weighted by Crippen LogP contribution is -2.27. The number of benzene rings is 1. The van der Waals surface area contributed by atoms with Crippen LogP contribution in [-0.2, 0) is 6.42 Å². The Kier molecular flexibility index (Phi) is 16.4. The van der Waals surface area contributed by atoms with Gasteiger partial charge in [0, 0.05) is 6.04 Å². The van der Waals surface area contributed by atoms with Gasteiger partial charge in [-0.25, -0.2) is 4.79 Å². The molecule has 0 spiro atoms. The zero-order chi connectivity index (χ0) is 17.4. The Morgan fingerprint density at radius 2 is 1.73 bits per heavy atom. The minimum atomic E-state index is -0.963. The van der Waals surface area contributed by atoms with Crippen LogP contribution in [0.2, 0.25) is 0 Å². The standard InChI is InChI=1S/C13H20.C4H9NO2.C2H6/c1-3-4-5-6-10-13-11-8-7-9-12(13)2;1-3(2)5-4(6)7;1-2/h7-9,11H,3-6,10H2,1-2H3;3,5H,1-2H3,(H,6,7);1-2H3. The van der Waals surface area contributed by atoms with E-state index in [1.807, 2.05) is 13.8 Å². The van der Waals surface area contributed by atoms with Gasteiger partial charge >= 0.3 is 6.09 Å². The molecule has 0 unspecified atom stereocenters. The van der Waals surface area contributed by atoms with Gasteiger partial charge in [-0.15, -0.1) is 0 Å². The summed E-state index contributed by atoms with van der Waals surface area (Å²) >= 11 is 0. The van der Waals surface area contributed by atoms with Crippen LogP contribution in [0.25, 0.3) is 0 Å². The first kappa shape index (κ1) is 22.8. The molecule has 22 heavy (non-hydrogen) atoms. The predicted octanol–water partition coefficient (Wildman–Crippen LogP) is 5.81. The van der Waals surface area contributed by atoms with Crippen molar-refractivity contribution in [3.8, 4) is 0 Å². The summed E-state index contributed by atoms with van der Waals surface area (Å²) in [7, 11) is 0. The smallest absolute Gasteiger partial charge is 0.404 e. The van der Waals surface area contributed by atoms with E-state index in [0.29, 0.717) is 0 Å². The molecule has 0 atom stereocenters. The zero-order valence-electron chi connectivity index (χ0n) is 15.3. The molecule has 1 amide bonds. The number of rotatable bonds is 6. The largest absolute Gasteiger partial charge is 0.465 e. The molecule has 0 radical (unpaired) electrons. The van der Waals surface area contributed by atoms with Crippen LogP contribution < -0.4 is 5.32 Å². The molecule has 0 aliphatic rings. The third-order valence-corrected chi connectivity index (χ3v) is 2.97. The first-order valence-electron chi connectivity index (χ1n) is 8.51. The fourth-order valence-corrected chi connectivity index (χ4v) is 1.88. The Labute approximate surface area is 137 Å². The lowest BCUT2D eigenvalue weighted by Gasteiger charge is -2.04. The van der Waals surface area contributed by atoms with Gasteiger partial charge in [0.2, 0.25) is 0 Å². The maximum absolute atomic E-state index is 9.70. The van der Waals surface area contributed by atoms with Crippen LogP contribution in [0.1, 0.15) is 71.4 Å². The second-order valence-corrected chi connectivity index (χ2v) is 5.34. The van der Waals surface area contributed by atoms with Gasteiger partial charge < -0.3 is 10.4 Å². The highest BCUT2D eigenvalue weighted by Crippen LogP contribution is 2.11. The van der Waals surface area contributed by atoms with Crippen LogP contribution in [0, 0.1) is 6.92 Å². The molecule has 3 nitrogen and oxygen atoms in total. The minimum absolute atomic E-state index is 0.0255. The lowest BCUT2D eigenvalue weighted by molar-refractivity contribution is 0.191. The second-order valence-electron chi connectivity index (χ2n) is 5.34. The van der Waals surface area contributed by atoms with Crippen molar-refractivity contribution in [2.24, 2.45) is 0 Å². The maximum Gasteiger partial charge on any atom is 0.404 e. The SMILES string of the molecule is CC.CC(C)NC(=O)O.CCCCCCc1ccccc1C. The summed E-state index contributed by atoms with van der Waals surface area (Å²) in [6.45, 7) is 12.0. The van der Waals surface area contributed by atoms with E-state index < -0.39 is 6.09 Å². The summed E-state index contributed by atoms with van der Waals surface area (Å²) in [5, 5.41) is 10.2. The number of unbranched alkanes of at least 4 members (excludes halogenated alkanes) is 3. The highest BCUT2D eigenvalue weighted by Gasteiger charge is 1.96. The summed E-state index contributed by atoms with van der Waals surface area (Å²) in [5.74, 6) is 0. The van der Waals surface area contributed by atoms with Gasteiger partial charge in [0.15, 0.2) is 0 Å². The van der Waals surface area contributed by atoms with E-state index in [0.717, 1.165) is 0 Å². The normalized spacial score (nSPS) is 9.23. The molecule has 0 aromatic heterocycles. The maximum atomic E-state index is 9.70. The van der Waals surface area contributed by atoms with Gasteiger partial charge in [-0.05, 0) is 44.7 Å². The lowest BCUT2D eigenvalue weighted by atomic mass is 10.0. The fourth-order valence-electron chi connectivity index (χ4n) is 1.88. The topological polar surface area (TPSA) is 49.3 Å². The van der Waals surface area contributed by atoms with Crippen molar-refractivity contribution in [3.63, 3.8) is 0 Å². The van der Waals surface area contributed by atoms with E-state index in [1.165, 1.54) is 43.2 Å². The van der Waals surface area contributed by atoms with E-state index in [2.05, 4.69) is 43.4 Å². The van der Waals surface area contributed by atoms with Crippen molar-refractivity contribution in [1.29, 1.82) is 0 Å². The summed E-state index contributed by atoms with van der Waals surface area (Å²) in [6, 6.07) is 8.74. The van der Waals surface area contributed by atoms with Crippen LogP contribution in [0.5, 0.6) is 0 Å². The number of aryl methyl sites for hydroxylation is 2. The van der Waals surface area contributed by atoms with Gasteiger partial charge in [-0.3, -0.25) is 0 Å². The Morgan fingerprint density at radius 3 is 2.14 bits per heavy atom. The zero-order valence-corrected chi connectivity index (χ0v) is 15.3. The van der Waals surface area contributed by atoms with Gasteiger partial charge in [0.05, 0.1) is 0 Å². The van der Waals surface area contributed by atoms with Crippen molar-refractivity contribution >= 4 is 6.09 Å². The highest BCUT2D eigenvalue weighted by molar-refractivity contribution is 5.64. The third-order valence-electron chi connectivity index (χ3n) is 2.97. The predicted molar refractivity (Wildman–Crippen MR) is 96.7 cm³/mol. The molecule has 1 rings (SSSR count). The van der Waals surface area contributed by atoms with Gasteiger partial charge in [-0.2, -0.15) is 0 Å². The number of nitrogens with one attached hydrogen (secondary N) is 1. The van der Waals surface area contributed by atoms with E-state index in [9.17, 15) is 4.79 Å². The molecule has 2 N–H and O–H groups in total. The van der Waals surface area contributed by atoms with Crippen molar-refractivity contribution in [2.45, 2.75) is 79.7 Å². The number of carboxylic acid groups (broad SMARTS) is 1. The van der Waals surface area contributed by atoms with Crippen molar-refractivity contribution in [1.82, 2.24) is 5.32 Å². The Hall–Kier alpha value is -1.51. The van der Waals surface area contributed by atoms with Crippen molar-refractivity contribution < 1.29 is 9.90 Å². The number of carbonyl (C=O) groups is 1. The van der Waals surface area contributed by atoms with Crippen LogP contribution in [0.15, 0.2) is 24.3 Å². The highest BCUT2D eigenvalue weighted by atomic mass is 16.4. The van der Waals surface area contributed by atoms with Crippen LogP contribution in [-0.4, -0.2) is 17.2 Å². The molecule has 0 saturated heterocycles. The molecule has 0 saturated carbocycles. The van der Waals surface area contributed by atoms with Crippen LogP contribution >= 0.6 is 0 Å². The third kappa shape index (κ3) is 14.9. The van der Waals surface area contributed by atoms with E-state index in [1.54, 1.807) is 13.8 Å². The molecular formula is C19H35NO2. The Bertz CT molecular complexity index is 375. The molecule has 0 fully saturated rings. The second kappa shape index (κ2) is 15.9. The Balaban J connectivity index is 0. The fraction of sp³-hybridized carbons (Fsp3) is 0.632. The van der Waals surface area contributed by atoms with Crippen molar-refractivity contribution in [2.75, 3.05) is 0 Å². The van der Waals surface area contributed by atoms with Gasteiger partial charge in [0.1, 0.15) is 0 Å². The molecule has 1 aromatic carbocycles. The first-order chi connectivity index (χ1) is 10.5. The molecule has 3 heteroatoms. The molecule has 128 valence electrons. The monoisotopic (exact) mass is 309 g/mol. The van der Waals surface area contributed by atoms with Crippen LogP contribution in [0.4, 0.5) is 4.79 Å². The summed E-state index contributed by atoms with van der Waals surface area (Å²) < 4.78 is 0. The Morgan fingerprint density at radius 1 is 1.14 bits per heavy atom. The van der Waals surface area contributed by atoms with Crippen molar-refractivity contribution in [3.05, 3.63) is 35.4 Å². The summed E-state index contributed by atoms with van der Waals surface area (Å²) in [5.41, 5.74) is 2.97. The average Bonchev–Trinajstić information content (AvgIpc) is 2.47. The molecule has 1 aromatic rings. The molecular weight excluding hydrogens is 274 g/mol. The molecule has 0 aliphatic carbocycles. The summed E-state index contributed by atoms with van der Waals surface area (Å²) in [4.78, 5) is 9.70. The quantitative estimate of drug-likeness (QED) is 0.652. The molecule has 0 bridgehead atoms. The molecule has 0 heterocycles. The molecule has 0 aliphatic heterocycles. The van der Waals surface area contributed by atoms with E-state index in [4.69, 9.17) is 5.11 Å². The van der Waals surface area contributed by atoms with Crippen LogP contribution in [0.3, 0.4) is 0 Å². The minimum Gasteiger partial charge on any atom is -0.465 e. The van der Waals surface area contributed by atoms with E-state index >= 15 is 0 Å².